The lowest BCUT2D eigenvalue weighted by molar-refractivity contribution is 0.0947. The molecule has 0 aliphatic carbocycles. The maximum Gasteiger partial charge on any atom is 0.255 e. The molecular formula is C17H16N2O4S. The summed E-state index contributed by atoms with van der Waals surface area (Å²) in [4.78, 5) is 17.7. The van der Waals surface area contributed by atoms with E-state index in [0.29, 0.717) is 28.6 Å². The third-order valence-corrected chi connectivity index (χ3v) is 4.22. The number of carbonyl (C=O) groups is 1. The second-order valence-electron chi connectivity index (χ2n) is 4.87. The molecule has 0 fully saturated rings. The molecule has 2 heterocycles. The van der Waals surface area contributed by atoms with Gasteiger partial charge in [-0.25, -0.2) is 4.98 Å². The Kier molecular flexibility index (Phi) is 4.81. The zero-order valence-electron chi connectivity index (χ0n) is 13.2. The number of ether oxygens (including phenoxy) is 2. The van der Waals surface area contributed by atoms with Crippen LogP contribution >= 0.6 is 11.3 Å². The molecule has 124 valence electrons. The van der Waals surface area contributed by atoms with Crippen molar-refractivity contribution in [3.8, 4) is 22.3 Å². The minimum atomic E-state index is -0.272. The third kappa shape index (κ3) is 3.41. The van der Waals surface area contributed by atoms with Crippen molar-refractivity contribution in [2.24, 2.45) is 0 Å². The molecular weight excluding hydrogens is 328 g/mol. The number of aromatic nitrogens is 1. The predicted molar refractivity (Wildman–Crippen MR) is 90.5 cm³/mol. The van der Waals surface area contributed by atoms with E-state index >= 15 is 0 Å². The van der Waals surface area contributed by atoms with Crippen LogP contribution in [0.5, 0.6) is 11.5 Å². The molecule has 6 nitrogen and oxygen atoms in total. The number of hydrogen-bond acceptors (Lipinski definition) is 6. The molecule has 0 saturated heterocycles. The lowest BCUT2D eigenvalue weighted by atomic mass is 10.1. The van der Waals surface area contributed by atoms with Crippen molar-refractivity contribution in [2.75, 3.05) is 14.2 Å². The molecule has 0 saturated carbocycles. The van der Waals surface area contributed by atoms with E-state index in [1.54, 1.807) is 36.6 Å². The highest BCUT2D eigenvalue weighted by atomic mass is 32.1. The molecule has 0 spiro atoms. The first kappa shape index (κ1) is 16.1. The fourth-order valence-electron chi connectivity index (χ4n) is 2.16. The zero-order valence-corrected chi connectivity index (χ0v) is 14.1. The molecule has 0 aliphatic rings. The third-order valence-electron chi connectivity index (χ3n) is 3.37. The number of benzene rings is 1. The number of nitrogens with zero attached hydrogens (tertiary/aromatic N) is 1. The average Bonchev–Trinajstić information content (AvgIpc) is 3.30. The molecule has 0 unspecified atom stereocenters. The Hall–Kier alpha value is -2.80. The van der Waals surface area contributed by atoms with Gasteiger partial charge in [-0.2, -0.15) is 0 Å². The molecule has 1 N–H and O–H groups in total. The summed E-state index contributed by atoms with van der Waals surface area (Å²) in [6.45, 7) is 0.258. The number of rotatable bonds is 6. The number of amides is 1. The summed E-state index contributed by atoms with van der Waals surface area (Å²) >= 11 is 1.55. The van der Waals surface area contributed by atoms with Crippen LogP contribution in [-0.4, -0.2) is 25.1 Å². The fraction of sp³-hybridized carbons (Fsp3) is 0.176. The van der Waals surface area contributed by atoms with E-state index in [1.807, 2.05) is 17.5 Å². The van der Waals surface area contributed by atoms with Crippen molar-refractivity contribution < 1.29 is 18.7 Å². The van der Waals surface area contributed by atoms with Crippen LogP contribution in [0.4, 0.5) is 0 Å². The maximum absolute atomic E-state index is 12.4. The maximum atomic E-state index is 12.4. The Morgan fingerprint density at radius 3 is 2.88 bits per heavy atom. The molecule has 3 rings (SSSR count). The molecule has 0 aliphatic heterocycles. The average molecular weight is 344 g/mol. The Morgan fingerprint density at radius 1 is 1.29 bits per heavy atom. The SMILES string of the molecule is COc1ccc(OC)c(C(=O)NCc2coc(-c3cccs3)n2)c1. The molecule has 0 bridgehead atoms. The van der Waals surface area contributed by atoms with Crippen LogP contribution in [0.3, 0.4) is 0 Å². The summed E-state index contributed by atoms with van der Waals surface area (Å²) < 4.78 is 15.8. The van der Waals surface area contributed by atoms with Gasteiger partial charge in [0.15, 0.2) is 0 Å². The van der Waals surface area contributed by atoms with Crippen LogP contribution in [0.2, 0.25) is 0 Å². The van der Waals surface area contributed by atoms with E-state index in [9.17, 15) is 4.79 Å². The minimum absolute atomic E-state index is 0.258. The molecule has 7 heteroatoms. The van der Waals surface area contributed by atoms with E-state index in [1.165, 1.54) is 13.4 Å². The second kappa shape index (κ2) is 7.18. The smallest absolute Gasteiger partial charge is 0.255 e. The van der Waals surface area contributed by atoms with E-state index in [2.05, 4.69) is 10.3 Å². The van der Waals surface area contributed by atoms with Crippen LogP contribution in [-0.2, 0) is 6.54 Å². The monoisotopic (exact) mass is 344 g/mol. The minimum Gasteiger partial charge on any atom is -0.497 e. The fourth-order valence-corrected chi connectivity index (χ4v) is 2.81. The van der Waals surface area contributed by atoms with Gasteiger partial charge in [0, 0.05) is 0 Å². The molecule has 1 aromatic carbocycles. The van der Waals surface area contributed by atoms with Gasteiger partial charge in [-0.3, -0.25) is 4.79 Å². The van der Waals surface area contributed by atoms with Crippen molar-refractivity contribution in [1.29, 1.82) is 0 Å². The summed E-state index contributed by atoms with van der Waals surface area (Å²) in [7, 11) is 3.06. The van der Waals surface area contributed by atoms with Crippen LogP contribution < -0.4 is 14.8 Å². The van der Waals surface area contributed by atoms with Gasteiger partial charge in [0.25, 0.3) is 5.91 Å². The molecule has 1 amide bonds. The number of thiophene rings is 1. The standard InChI is InChI=1S/C17H16N2O4S/c1-21-12-5-6-14(22-2)13(8-12)16(20)18-9-11-10-23-17(19-11)15-4-3-7-24-15/h3-8,10H,9H2,1-2H3,(H,18,20). The first-order valence-electron chi connectivity index (χ1n) is 7.19. The highest BCUT2D eigenvalue weighted by Crippen LogP contribution is 2.25. The van der Waals surface area contributed by atoms with E-state index in [0.717, 1.165) is 4.88 Å². The van der Waals surface area contributed by atoms with Crippen molar-refractivity contribution in [3.63, 3.8) is 0 Å². The molecule has 24 heavy (non-hydrogen) atoms. The summed E-state index contributed by atoms with van der Waals surface area (Å²) in [6.07, 6.45) is 1.54. The van der Waals surface area contributed by atoms with Crippen molar-refractivity contribution in [1.82, 2.24) is 10.3 Å². The quantitative estimate of drug-likeness (QED) is 0.742. The molecule has 0 radical (unpaired) electrons. The van der Waals surface area contributed by atoms with E-state index in [4.69, 9.17) is 13.9 Å². The van der Waals surface area contributed by atoms with Gasteiger partial charge in [0.05, 0.1) is 36.9 Å². The molecule has 0 atom stereocenters. The van der Waals surface area contributed by atoms with Gasteiger partial charge in [-0.15, -0.1) is 11.3 Å². The van der Waals surface area contributed by atoms with Crippen molar-refractivity contribution >= 4 is 17.2 Å². The lowest BCUT2D eigenvalue weighted by Gasteiger charge is -2.10. The zero-order chi connectivity index (χ0) is 16.9. The Bertz CT molecular complexity index is 827. The first-order valence-corrected chi connectivity index (χ1v) is 8.07. The number of oxazole rings is 1. The summed E-state index contributed by atoms with van der Waals surface area (Å²) in [5.41, 5.74) is 1.05. The van der Waals surface area contributed by atoms with E-state index < -0.39 is 0 Å². The molecule has 3 aromatic rings. The predicted octanol–water partition coefficient (Wildman–Crippen LogP) is 3.35. The van der Waals surface area contributed by atoms with Gasteiger partial charge in [-0.05, 0) is 29.6 Å². The largest absolute Gasteiger partial charge is 0.497 e. The Balaban J connectivity index is 1.70. The van der Waals surface area contributed by atoms with Crippen molar-refractivity contribution in [3.05, 3.63) is 53.2 Å². The Labute approximate surface area is 143 Å². The van der Waals surface area contributed by atoms with Gasteiger partial charge < -0.3 is 19.2 Å². The van der Waals surface area contributed by atoms with Gasteiger partial charge >= 0.3 is 0 Å². The van der Waals surface area contributed by atoms with Crippen LogP contribution in [0, 0.1) is 0 Å². The number of carbonyl (C=O) groups excluding carboxylic acids is 1. The highest BCUT2D eigenvalue weighted by molar-refractivity contribution is 7.13. The second-order valence-corrected chi connectivity index (χ2v) is 5.82. The van der Waals surface area contributed by atoms with Gasteiger partial charge in [-0.1, -0.05) is 6.07 Å². The normalized spacial score (nSPS) is 10.4. The topological polar surface area (TPSA) is 73.6 Å². The number of hydrogen-bond donors (Lipinski definition) is 1. The molecule has 2 aromatic heterocycles. The number of nitrogens with one attached hydrogen (secondary N) is 1. The summed E-state index contributed by atoms with van der Waals surface area (Å²) in [6, 6.07) is 8.92. The first-order chi connectivity index (χ1) is 11.7. The highest BCUT2D eigenvalue weighted by Gasteiger charge is 2.14. The summed E-state index contributed by atoms with van der Waals surface area (Å²) in [5, 5.41) is 4.76. The van der Waals surface area contributed by atoms with Crippen LogP contribution in [0.1, 0.15) is 16.1 Å². The van der Waals surface area contributed by atoms with Crippen LogP contribution in [0.15, 0.2) is 46.4 Å². The Morgan fingerprint density at radius 2 is 2.17 bits per heavy atom. The van der Waals surface area contributed by atoms with E-state index in [-0.39, 0.29) is 12.5 Å². The number of methoxy groups -OCH3 is 2. The lowest BCUT2D eigenvalue weighted by Crippen LogP contribution is -2.23. The van der Waals surface area contributed by atoms with Gasteiger partial charge in [0.2, 0.25) is 5.89 Å². The van der Waals surface area contributed by atoms with Crippen LogP contribution in [0.25, 0.3) is 10.8 Å². The van der Waals surface area contributed by atoms with Gasteiger partial charge in [0.1, 0.15) is 17.8 Å². The van der Waals surface area contributed by atoms with Crippen molar-refractivity contribution in [2.45, 2.75) is 6.54 Å². The summed E-state index contributed by atoms with van der Waals surface area (Å²) in [5.74, 6) is 1.34.